The number of rotatable bonds is 2. The maximum absolute atomic E-state index is 13.1. The number of benzene rings is 1. The van der Waals surface area contributed by atoms with E-state index in [0.29, 0.717) is 18.4 Å². The lowest BCUT2D eigenvalue weighted by atomic mass is 9.78. The van der Waals surface area contributed by atoms with Crippen LogP contribution in [0.1, 0.15) is 44.1 Å². The largest absolute Gasteiger partial charge is 0.330 e. The summed E-state index contributed by atoms with van der Waals surface area (Å²) in [5.41, 5.74) is 8.38. The Labute approximate surface area is 127 Å². The minimum Gasteiger partial charge on any atom is -0.330 e. The molecule has 1 aromatic carbocycles. The van der Waals surface area contributed by atoms with Gasteiger partial charge in [0.05, 0.1) is 0 Å². The molecule has 1 heterocycles. The van der Waals surface area contributed by atoms with Crippen LogP contribution in [0.5, 0.6) is 0 Å². The minimum atomic E-state index is 0.134. The molecule has 3 rings (SSSR count). The average Bonchev–Trinajstić information content (AvgIpc) is 2.76. The van der Waals surface area contributed by atoms with Gasteiger partial charge >= 0.3 is 0 Å². The molecule has 0 saturated heterocycles. The molecule has 1 aliphatic carbocycles. The lowest BCUT2D eigenvalue weighted by molar-refractivity contribution is -0.125. The zero-order valence-electron chi connectivity index (χ0n) is 12.8. The van der Waals surface area contributed by atoms with Crippen molar-refractivity contribution in [2.24, 2.45) is 17.6 Å². The molecule has 0 spiro atoms. The van der Waals surface area contributed by atoms with Crippen molar-refractivity contribution in [1.82, 2.24) is 0 Å². The Bertz CT molecular complexity index is 500. The molecular formula is C18H26N2O. The summed E-state index contributed by atoms with van der Waals surface area (Å²) in [7, 11) is 0. The Morgan fingerprint density at radius 2 is 1.95 bits per heavy atom. The number of nitrogens with two attached hydrogens (primary N) is 1. The number of hydrogen-bond acceptors (Lipinski definition) is 2. The smallest absolute Gasteiger partial charge is 0.230 e. The number of anilines is 1. The quantitative estimate of drug-likeness (QED) is 0.908. The second-order valence-corrected chi connectivity index (χ2v) is 6.46. The number of hydrogen-bond donors (Lipinski definition) is 1. The number of aryl methyl sites for hydroxylation is 1. The van der Waals surface area contributed by atoms with Crippen molar-refractivity contribution in [1.29, 1.82) is 0 Å². The third-order valence-electron chi connectivity index (χ3n) is 5.16. The highest BCUT2D eigenvalue weighted by atomic mass is 16.2. The van der Waals surface area contributed by atoms with Crippen LogP contribution in [0.25, 0.3) is 0 Å². The molecule has 2 N–H and O–H groups in total. The Morgan fingerprint density at radius 3 is 2.81 bits per heavy atom. The van der Waals surface area contributed by atoms with Gasteiger partial charge in [0.2, 0.25) is 5.91 Å². The van der Waals surface area contributed by atoms with E-state index < -0.39 is 0 Å². The fourth-order valence-corrected chi connectivity index (χ4v) is 3.94. The molecular weight excluding hydrogens is 260 g/mol. The van der Waals surface area contributed by atoms with E-state index in [-0.39, 0.29) is 5.92 Å². The van der Waals surface area contributed by atoms with Crippen LogP contribution >= 0.6 is 0 Å². The molecule has 1 amide bonds. The first kappa shape index (κ1) is 14.6. The van der Waals surface area contributed by atoms with Crippen LogP contribution in [-0.2, 0) is 11.2 Å². The van der Waals surface area contributed by atoms with Crippen LogP contribution in [0.3, 0.4) is 0 Å². The van der Waals surface area contributed by atoms with E-state index in [1.165, 1.54) is 24.8 Å². The Balaban J connectivity index is 1.86. The highest BCUT2D eigenvalue weighted by Crippen LogP contribution is 2.34. The van der Waals surface area contributed by atoms with Crippen molar-refractivity contribution in [3.8, 4) is 0 Å². The molecule has 1 saturated carbocycles. The normalized spacial score (nSPS) is 26.0. The second kappa shape index (κ2) is 6.61. The lowest BCUT2D eigenvalue weighted by Gasteiger charge is -2.34. The summed E-state index contributed by atoms with van der Waals surface area (Å²) < 4.78 is 0. The van der Waals surface area contributed by atoms with Crippen LogP contribution in [0.2, 0.25) is 0 Å². The standard InChI is InChI=1S/C18H26N2O/c19-13-15-9-1-3-10-16(15)18(21)20-12-6-5-8-14-7-2-4-11-17(14)20/h2,4,7,11,15-16H,1,3,5-6,8-10,12-13,19H2. The Hall–Kier alpha value is -1.35. The zero-order valence-corrected chi connectivity index (χ0v) is 12.8. The van der Waals surface area contributed by atoms with E-state index in [0.717, 1.165) is 37.9 Å². The summed E-state index contributed by atoms with van der Waals surface area (Å²) in [4.78, 5) is 15.2. The van der Waals surface area contributed by atoms with Crippen molar-refractivity contribution < 1.29 is 4.79 Å². The SMILES string of the molecule is NCC1CCCCC1C(=O)N1CCCCc2ccccc21. The van der Waals surface area contributed by atoms with Crippen LogP contribution in [0, 0.1) is 11.8 Å². The van der Waals surface area contributed by atoms with E-state index in [1.807, 2.05) is 6.07 Å². The van der Waals surface area contributed by atoms with Crippen LogP contribution in [-0.4, -0.2) is 19.0 Å². The van der Waals surface area contributed by atoms with E-state index in [1.54, 1.807) is 0 Å². The van der Waals surface area contributed by atoms with Gasteiger partial charge in [-0.1, -0.05) is 31.0 Å². The van der Waals surface area contributed by atoms with Gasteiger partial charge < -0.3 is 10.6 Å². The Morgan fingerprint density at radius 1 is 1.14 bits per heavy atom. The number of amides is 1. The lowest BCUT2D eigenvalue weighted by Crippen LogP contribution is -2.42. The van der Waals surface area contributed by atoms with Gasteiger partial charge in [0.1, 0.15) is 0 Å². The van der Waals surface area contributed by atoms with E-state index in [2.05, 4.69) is 23.1 Å². The summed E-state index contributed by atoms with van der Waals surface area (Å²) in [5.74, 6) is 0.830. The molecule has 2 atom stereocenters. The third-order valence-corrected chi connectivity index (χ3v) is 5.16. The first-order valence-corrected chi connectivity index (χ1v) is 8.40. The van der Waals surface area contributed by atoms with Crippen LogP contribution < -0.4 is 10.6 Å². The van der Waals surface area contributed by atoms with Gasteiger partial charge in [-0.3, -0.25) is 4.79 Å². The molecule has 2 unspecified atom stereocenters. The molecule has 0 bridgehead atoms. The fourth-order valence-electron chi connectivity index (χ4n) is 3.94. The maximum Gasteiger partial charge on any atom is 0.230 e. The number of nitrogens with zero attached hydrogens (tertiary/aromatic N) is 1. The van der Waals surface area contributed by atoms with E-state index in [9.17, 15) is 4.79 Å². The summed E-state index contributed by atoms with van der Waals surface area (Å²) in [5, 5.41) is 0. The summed E-state index contributed by atoms with van der Waals surface area (Å²) >= 11 is 0. The zero-order chi connectivity index (χ0) is 14.7. The molecule has 114 valence electrons. The van der Waals surface area contributed by atoms with Gasteiger partial charge in [-0.25, -0.2) is 0 Å². The topological polar surface area (TPSA) is 46.3 Å². The van der Waals surface area contributed by atoms with Gasteiger partial charge in [0, 0.05) is 18.2 Å². The highest BCUT2D eigenvalue weighted by molar-refractivity contribution is 5.96. The first-order valence-electron chi connectivity index (χ1n) is 8.40. The number of para-hydroxylation sites is 1. The molecule has 1 aromatic rings. The van der Waals surface area contributed by atoms with E-state index in [4.69, 9.17) is 5.73 Å². The monoisotopic (exact) mass is 286 g/mol. The van der Waals surface area contributed by atoms with Crippen molar-refractivity contribution in [2.45, 2.75) is 44.9 Å². The predicted octanol–water partition coefficient (Wildman–Crippen LogP) is 3.12. The van der Waals surface area contributed by atoms with Gasteiger partial charge in [0.25, 0.3) is 0 Å². The van der Waals surface area contributed by atoms with Gasteiger partial charge in [-0.2, -0.15) is 0 Å². The molecule has 1 aliphatic heterocycles. The average molecular weight is 286 g/mol. The van der Waals surface area contributed by atoms with Crippen molar-refractivity contribution in [3.05, 3.63) is 29.8 Å². The molecule has 2 aliphatic rings. The third kappa shape index (κ3) is 2.98. The molecule has 0 aromatic heterocycles. The molecule has 0 radical (unpaired) electrons. The van der Waals surface area contributed by atoms with Gasteiger partial charge in [-0.15, -0.1) is 0 Å². The number of carbonyl (C=O) groups is 1. The highest BCUT2D eigenvalue weighted by Gasteiger charge is 2.34. The van der Waals surface area contributed by atoms with Crippen molar-refractivity contribution in [3.63, 3.8) is 0 Å². The molecule has 1 fully saturated rings. The second-order valence-electron chi connectivity index (χ2n) is 6.46. The van der Waals surface area contributed by atoms with Crippen LogP contribution in [0.15, 0.2) is 24.3 Å². The summed E-state index contributed by atoms with van der Waals surface area (Å²) in [6.45, 7) is 1.51. The van der Waals surface area contributed by atoms with E-state index >= 15 is 0 Å². The van der Waals surface area contributed by atoms with Crippen molar-refractivity contribution in [2.75, 3.05) is 18.0 Å². The minimum absolute atomic E-state index is 0.134. The molecule has 3 nitrogen and oxygen atoms in total. The summed E-state index contributed by atoms with van der Waals surface area (Å²) in [6.07, 6.45) is 7.88. The van der Waals surface area contributed by atoms with Gasteiger partial charge in [0.15, 0.2) is 0 Å². The van der Waals surface area contributed by atoms with Gasteiger partial charge in [-0.05, 0) is 56.2 Å². The fraction of sp³-hybridized carbons (Fsp3) is 0.611. The van der Waals surface area contributed by atoms with Crippen LogP contribution in [0.4, 0.5) is 5.69 Å². The summed E-state index contributed by atoms with van der Waals surface area (Å²) in [6, 6.07) is 8.41. The number of carbonyl (C=O) groups excluding carboxylic acids is 1. The van der Waals surface area contributed by atoms with Crippen molar-refractivity contribution >= 4 is 11.6 Å². The maximum atomic E-state index is 13.1. The first-order chi connectivity index (χ1) is 10.3. The predicted molar refractivity (Wildman–Crippen MR) is 86.2 cm³/mol. The molecule has 21 heavy (non-hydrogen) atoms. The molecule has 3 heteroatoms. The number of fused-ring (bicyclic) bond motifs is 1. The Kier molecular flexibility index (Phi) is 4.59.